The van der Waals surface area contributed by atoms with Crippen LogP contribution in [0.4, 0.5) is 4.39 Å². The molecule has 0 aliphatic heterocycles. The van der Waals surface area contributed by atoms with E-state index in [9.17, 15) is 14.3 Å². The van der Waals surface area contributed by atoms with Gasteiger partial charge in [0.1, 0.15) is 5.82 Å². The van der Waals surface area contributed by atoms with Crippen molar-refractivity contribution >= 4 is 5.91 Å². The normalized spacial score (nSPS) is 15.0. The topological polar surface area (TPSA) is 40.5 Å². The maximum Gasteiger partial charge on any atom is 0.222 e. The summed E-state index contributed by atoms with van der Waals surface area (Å²) < 4.78 is 13.0. The molecule has 1 aliphatic carbocycles. The van der Waals surface area contributed by atoms with Crippen molar-refractivity contribution in [3.8, 4) is 0 Å². The fourth-order valence-corrected chi connectivity index (χ4v) is 3.05. The maximum absolute atomic E-state index is 13.0. The van der Waals surface area contributed by atoms with Crippen LogP contribution in [-0.2, 0) is 11.2 Å². The first-order chi connectivity index (χ1) is 12.1. The summed E-state index contributed by atoms with van der Waals surface area (Å²) >= 11 is 0. The van der Waals surface area contributed by atoms with E-state index in [0.29, 0.717) is 12.0 Å². The van der Waals surface area contributed by atoms with Gasteiger partial charge in [0.25, 0.3) is 0 Å². The minimum Gasteiger partial charge on any atom is -0.387 e. The Morgan fingerprint density at radius 3 is 2.44 bits per heavy atom. The van der Waals surface area contributed by atoms with Gasteiger partial charge in [-0.2, -0.15) is 0 Å². The number of hydrogen-bond acceptors (Lipinski definition) is 2. The van der Waals surface area contributed by atoms with E-state index in [2.05, 4.69) is 12.1 Å². The smallest absolute Gasteiger partial charge is 0.222 e. The number of aliphatic hydroxyl groups excluding tert-OH is 1. The zero-order valence-electron chi connectivity index (χ0n) is 14.3. The molecule has 2 aromatic rings. The molecule has 0 saturated heterocycles. The number of aliphatic hydroxyl groups is 1. The van der Waals surface area contributed by atoms with Crippen molar-refractivity contribution in [3.05, 3.63) is 71.5 Å². The highest BCUT2D eigenvalue weighted by molar-refractivity contribution is 5.77. The zero-order chi connectivity index (χ0) is 17.6. The molecule has 0 bridgehead atoms. The number of amides is 1. The third kappa shape index (κ3) is 5.13. The molecular weight excluding hydrogens is 317 g/mol. The average molecular weight is 341 g/mol. The summed E-state index contributed by atoms with van der Waals surface area (Å²) in [5.74, 6) is -0.230. The van der Waals surface area contributed by atoms with Crippen molar-refractivity contribution in [2.75, 3.05) is 6.54 Å². The molecule has 1 saturated carbocycles. The molecule has 3 nitrogen and oxygen atoms in total. The quantitative estimate of drug-likeness (QED) is 0.792. The summed E-state index contributed by atoms with van der Waals surface area (Å²) in [7, 11) is 0. The van der Waals surface area contributed by atoms with Gasteiger partial charge in [-0.3, -0.25) is 4.79 Å². The van der Waals surface area contributed by atoms with Crippen molar-refractivity contribution in [1.82, 2.24) is 4.90 Å². The summed E-state index contributed by atoms with van der Waals surface area (Å²) in [6.07, 6.45) is 3.40. The van der Waals surface area contributed by atoms with Gasteiger partial charge in [-0.1, -0.05) is 42.5 Å². The Morgan fingerprint density at radius 2 is 1.80 bits per heavy atom. The SMILES string of the molecule is O=C(CCCc1ccccc1)N(C[C@H](O)c1ccc(F)cc1)C1CC1. The fraction of sp³-hybridized carbons (Fsp3) is 0.381. The highest BCUT2D eigenvalue weighted by Crippen LogP contribution is 2.30. The number of carbonyl (C=O) groups is 1. The summed E-state index contributed by atoms with van der Waals surface area (Å²) in [6, 6.07) is 16.2. The molecule has 2 aromatic carbocycles. The molecule has 0 aromatic heterocycles. The van der Waals surface area contributed by atoms with E-state index in [1.165, 1.54) is 17.7 Å². The fourth-order valence-electron chi connectivity index (χ4n) is 3.05. The van der Waals surface area contributed by atoms with Gasteiger partial charge >= 0.3 is 0 Å². The van der Waals surface area contributed by atoms with E-state index in [-0.39, 0.29) is 24.3 Å². The Morgan fingerprint density at radius 1 is 1.12 bits per heavy atom. The second-order valence-electron chi connectivity index (χ2n) is 6.68. The maximum atomic E-state index is 13.0. The van der Waals surface area contributed by atoms with Gasteiger partial charge in [-0.15, -0.1) is 0 Å². The number of hydrogen-bond donors (Lipinski definition) is 1. The second kappa shape index (κ2) is 8.26. The molecular formula is C21H24FNO2. The van der Waals surface area contributed by atoms with Crippen LogP contribution in [0.3, 0.4) is 0 Å². The Balaban J connectivity index is 1.53. The summed E-state index contributed by atoms with van der Waals surface area (Å²) in [6.45, 7) is 0.278. The van der Waals surface area contributed by atoms with E-state index < -0.39 is 6.10 Å². The van der Waals surface area contributed by atoms with Crippen LogP contribution in [0.1, 0.15) is 42.9 Å². The molecule has 132 valence electrons. The number of aryl methyl sites for hydroxylation is 1. The van der Waals surface area contributed by atoms with E-state index in [1.54, 1.807) is 17.0 Å². The average Bonchev–Trinajstić information content (AvgIpc) is 3.46. The van der Waals surface area contributed by atoms with Crippen LogP contribution in [0.25, 0.3) is 0 Å². The van der Waals surface area contributed by atoms with E-state index >= 15 is 0 Å². The lowest BCUT2D eigenvalue weighted by Crippen LogP contribution is -2.36. The number of nitrogens with zero attached hydrogens (tertiary/aromatic N) is 1. The third-order valence-corrected chi connectivity index (χ3v) is 4.63. The van der Waals surface area contributed by atoms with Gasteiger partial charge in [-0.25, -0.2) is 4.39 Å². The predicted molar refractivity (Wildman–Crippen MR) is 95.5 cm³/mol. The van der Waals surface area contributed by atoms with Crippen molar-refractivity contribution in [1.29, 1.82) is 0 Å². The van der Waals surface area contributed by atoms with Crippen molar-refractivity contribution in [3.63, 3.8) is 0 Å². The molecule has 25 heavy (non-hydrogen) atoms. The van der Waals surface area contributed by atoms with Gasteiger partial charge < -0.3 is 10.0 Å². The van der Waals surface area contributed by atoms with Crippen molar-refractivity contribution < 1.29 is 14.3 Å². The van der Waals surface area contributed by atoms with Crippen LogP contribution in [0.15, 0.2) is 54.6 Å². The van der Waals surface area contributed by atoms with Gasteiger partial charge in [-0.05, 0) is 48.9 Å². The van der Waals surface area contributed by atoms with E-state index in [0.717, 1.165) is 25.7 Å². The molecule has 1 N–H and O–H groups in total. The van der Waals surface area contributed by atoms with Crippen molar-refractivity contribution in [2.45, 2.75) is 44.2 Å². The van der Waals surface area contributed by atoms with Gasteiger partial charge in [0.05, 0.1) is 12.6 Å². The largest absolute Gasteiger partial charge is 0.387 e. The standard InChI is InChI=1S/C21H24FNO2/c22-18-11-9-17(10-12-18)20(24)15-23(19-13-14-19)21(25)8-4-7-16-5-2-1-3-6-16/h1-3,5-6,9-12,19-20,24H,4,7-8,13-15H2/t20-/m0/s1. The predicted octanol–water partition coefficient (Wildman–Crippen LogP) is 3.87. The Kier molecular flexibility index (Phi) is 5.82. The summed E-state index contributed by atoms with van der Waals surface area (Å²) in [5.41, 5.74) is 1.88. The Labute approximate surface area is 148 Å². The van der Waals surface area contributed by atoms with Gasteiger partial charge in [0.15, 0.2) is 0 Å². The first-order valence-electron chi connectivity index (χ1n) is 8.90. The minimum absolute atomic E-state index is 0.0968. The molecule has 1 atom stereocenters. The van der Waals surface area contributed by atoms with Crippen LogP contribution >= 0.6 is 0 Å². The molecule has 1 amide bonds. The summed E-state index contributed by atoms with van der Waals surface area (Å²) in [5, 5.41) is 10.4. The minimum atomic E-state index is -0.778. The molecule has 0 radical (unpaired) electrons. The molecule has 4 heteroatoms. The molecule has 1 aliphatic rings. The van der Waals surface area contributed by atoms with Crippen molar-refractivity contribution in [2.24, 2.45) is 0 Å². The molecule has 0 spiro atoms. The van der Waals surface area contributed by atoms with E-state index in [4.69, 9.17) is 0 Å². The second-order valence-corrected chi connectivity index (χ2v) is 6.68. The molecule has 0 unspecified atom stereocenters. The highest BCUT2D eigenvalue weighted by atomic mass is 19.1. The highest BCUT2D eigenvalue weighted by Gasteiger charge is 2.33. The Hall–Kier alpha value is -2.20. The van der Waals surface area contributed by atoms with Crippen LogP contribution in [-0.4, -0.2) is 28.5 Å². The third-order valence-electron chi connectivity index (χ3n) is 4.63. The molecule has 3 rings (SSSR count). The number of carbonyl (C=O) groups excluding carboxylic acids is 1. The lowest BCUT2D eigenvalue weighted by atomic mass is 10.1. The van der Waals surface area contributed by atoms with E-state index in [1.807, 2.05) is 18.2 Å². The lowest BCUT2D eigenvalue weighted by Gasteiger charge is -2.25. The van der Waals surface area contributed by atoms with Crippen LogP contribution in [0.2, 0.25) is 0 Å². The van der Waals surface area contributed by atoms with Crippen LogP contribution in [0.5, 0.6) is 0 Å². The number of benzene rings is 2. The van der Waals surface area contributed by atoms with Gasteiger partial charge in [0.2, 0.25) is 5.91 Å². The lowest BCUT2D eigenvalue weighted by molar-refractivity contribution is -0.133. The number of halogens is 1. The van der Waals surface area contributed by atoms with Crippen LogP contribution < -0.4 is 0 Å². The number of rotatable bonds is 8. The molecule has 1 fully saturated rings. The van der Waals surface area contributed by atoms with Gasteiger partial charge in [0, 0.05) is 12.5 Å². The molecule has 0 heterocycles. The first kappa shape index (κ1) is 17.6. The zero-order valence-corrected chi connectivity index (χ0v) is 14.3. The monoisotopic (exact) mass is 341 g/mol. The van der Waals surface area contributed by atoms with Crippen LogP contribution in [0, 0.1) is 5.82 Å². The first-order valence-corrected chi connectivity index (χ1v) is 8.90. The summed E-state index contributed by atoms with van der Waals surface area (Å²) in [4.78, 5) is 14.4. The Bertz CT molecular complexity index is 683.